The molecule has 0 radical (unpaired) electrons. The molecule has 5 nitrogen and oxygen atoms in total. The first-order chi connectivity index (χ1) is 14.4. The molecule has 0 fully saturated rings. The van der Waals surface area contributed by atoms with Gasteiger partial charge in [-0.05, 0) is 51.5 Å². The summed E-state index contributed by atoms with van der Waals surface area (Å²) >= 11 is 1.62. The summed E-state index contributed by atoms with van der Waals surface area (Å²) in [6.45, 7) is 8.11. The van der Waals surface area contributed by atoms with Gasteiger partial charge in [0, 0.05) is 22.1 Å². The van der Waals surface area contributed by atoms with Gasteiger partial charge in [0.05, 0.1) is 18.5 Å². The number of nitrogens with zero attached hydrogens (tertiary/aromatic N) is 3. The average Bonchev–Trinajstić information content (AvgIpc) is 3.08. The lowest BCUT2D eigenvalue weighted by molar-refractivity contribution is 0.412. The van der Waals surface area contributed by atoms with E-state index in [0.717, 1.165) is 55.5 Å². The standard InChI is InChI=1S/C24H24N4OS/c1-14-6-8-18(9-7-14)20-13-22(26-17(4)25-20)27-24-28-23(16(3)30-24)19-10-11-21(29-5)15(2)12-19/h6-13H,1-5H3,(H,25,26,27,28). The molecule has 0 unspecified atom stereocenters. The highest BCUT2D eigenvalue weighted by atomic mass is 32.1. The maximum absolute atomic E-state index is 5.37. The summed E-state index contributed by atoms with van der Waals surface area (Å²) in [4.78, 5) is 15.1. The van der Waals surface area contributed by atoms with Crippen LogP contribution in [0.2, 0.25) is 0 Å². The lowest BCUT2D eigenvalue weighted by Gasteiger charge is -2.07. The molecule has 0 saturated carbocycles. The van der Waals surface area contributed by atoms with Gasteiger partial charge in [-0.2, -0.15) is 0 Å². The number of methoxy groups -OCH3 is 1. The predicted molar refractivity (Wildman–Crippen MR) is 124 cm³/mol. The molecule has 0 bridgehead atoms. The SMILES string of the molecule is COc1ccc(-c2nc(Nc3cc(-c4ccc(C)cc4)nc(C)n3)sc2C)cc1C. The number of benzene rings is 2. The zero-order chi connectivity index (χ0) is 21.3. The minimum atomic E-state index is 0.717. The van der Waals surface area contributed by atoms with E-state index in [2.05, 4.69) is 59.5 Å². The predicted octanol–water partition coefficient (Wildman–Crippen LogP) is 6.25. The molecule has 6 heteroatoms. The molecule has 1 N–H and O–H groups in total. The van der Waals surface area contributed by atoms with E-state index in [9.17, 15) is 0 Å². The van der Waals surface area contributed by atoms with E-state index in [1.54, 1.807) is 18.4 Å². The van der Waals surface area contributed by atoms with Crippen molar-refractivity contribution in [2.24, 2.45) is 0 Å². The Morgan fingerprint density at radius 3 is 2.27 bits per heavy atom. The molecule has 0 aliphatic carbocycles. The first-order valence-corrected chi connectivity index (χ1v) is 10.6. The summed E-state index contributed by atoms with van der Waals surface area (Å²) in [6, 6.07) is 16.4. The third-order valence-corrected chi connectivity index (χ3v) is 5.77. The number of ether oxygens (including phenoxy) is 1. The Morgan fingerprint density at radius 2 is 1.57 bits per heavy atom. The molecule has 0 saturated heterocycles. The third kappa shape index (κ3) is 4.19. The Kier molecular flexibility index (Phi) is 5.50. The smallest absolute Gasteiger partial charge is 0.189 e. The zero-order valence-electron chi connectivity index (χ0n) is 17.8. The van der Waals surface area contributed by atoms with Crippen molar-refractivity contribution in [3.63, 3.8) is 0 Å². The highest BCUT2D eigenvalue weighted by Crippen LogP contribution is 2.34. The van der Waals surface area contributed by atoms with Gasteiger partial charge in [-0.3, -0.25) is 0 Å². The van der Waals surface area contributed by atoms with Crippen LogP contribution >= 0.6 is 11.3 Å². The van der Waals surface area contributed by atoms with Crippen LogP contribution in [0.1, 0.15) is 21.8 Å². The summed E-state index contributed by atoms with van der Waals surface area (Å²) < 4.78 is 5.37. The summed E-state index contributed by atoms with van der Waals surface area (Å²) in [5, 5.41) is 4.18. The highest BCUT2D eigenvalue weighted by Gasteiger charge is 2.13. The Morgan fingerprint density at radius 1 is 0.833 bits per heavy atom. The molecule has 0 amide bonds. The number of aryl methyl sites for hydroxylation is 4. The fourth-order valence-corrected chi connectivity index (χ4v) is 4.20. The molecule has 2 aromatic heterocycles. The number of nitrogens with one attached hydrogen (secondary N) is 1. The Balaban J connectivity index is 1.63. The lowest BCUT2D eigenvalue weighted by Crippen LogP contribution is -1.98. The molecule has 0 aliphatic heterocycles. The van der Waals surface area contributed by atoms with Gasteiger partial charge in [0.1, 0.15) is 17.4 Å². The summed E-state index contributed by atoms with van der Waals surface area (Å²) in [5.74, 6) is 2.34. The van der Waals surface area contributed by atoms with Gasteiger partial charge in [-0.25, -0.2) is 15.0 Å². The second-order valence-electron chi connectivity index (χ2n) is 7.28. The van der Waals surface area contributed by atoms with Crippen LogP contribution in [-0.4, -0.2) is 22.1 Å². The van der Waals surface area contributed by atoms with Crippen LogP contribution < -0.4 is 10.1 Å². The summed E-state index contributed by atoms with van der Waals surface area (Å²) in [5.41, 5.74) is 6.32. The van der Waals surface area contributed by atoms with Crippen LogP contribution in [0.15, 0.2) is 48.5 Å². The second kappa shape index (κ2) is 8.24. The van der Waals surface area contributed by atoms with Gasteiger partial charge < -0.3 is 10.1 Å². The molecule has 4 aromatic rings. The zero-order valence-corrected chi connectivity index (χ0v) is 18.6. The monoisotopic (exact) mass is 416 g/mol. The van der Waals surface area contributed by atoms with Crippen LogP contribution in [-0.2, 0) is 0 Å². The number of hydrogen-bond acceptors (Lipinski definition) is 6. The quantitative estimate of drug-likeness (QED) is 0.416. The van der Waals surface area contributed by atoms with E-state index in [4.69, 9.17) is 9.72 Å². The van der Waals surface area contributed by atoms with E-state index in [-0.39, 0.29) is 0 Å². The van der Waals surface area contributed by atoms with Crippen molar-refractivity contribution >= 4 is 22.3 Å². The first-order valence-electron chi connectivity index (χ1n) is 9.75. The lowest BCUT2D eigenvalue weighted by atomic mass is 10.1. The molecule has 0 spiro atoms. The molecular formula is C24H24N4OS. The van der Waals surface area contributed by atoms with Gasteiger partial charge in [0.15, 0.2) is 5.13 Å². The van der Waals surface area contributed by atoms with Crippen molar-refractivity contribution in [1.82, 2.24) is 15.0 Å². The Hall–Kier alpha value is -3.25. The van der Waals surface area contributed by atoms with Crippen molar-refractivity contribution in [2.45, 2.75) is 27.7 Å². The average molecular weight is 417 g/mol. The fraction of sp³-hybridized carbons (Fsp3) is 0.208. The number of hydrogen-bond donors (Lipinski definition) is 1. The highest BCUT2D eigenvalue weighted by molar-refractivity contribution is 7.16. The number of thiazole rings is 1. The Labute approximate surface area is 180 Å². The maximum atomic E-state index is 5.37. The first kappa shape index (κ1) is 20.0. The van der Waals surface area contributed by atoms with Crippen molar-refractivity contribution in [3.8, 4) is 28.3 Å². The maximum Gasteiger partial charge on any atom is 0.189 e. The molecule has 2 heterocycles. The van der Waals surface area contributed by atoms with Gasteiger partial charge in [0.2, 0.25) is 0 Å². The van der Waals surface area contributed by atoms with E-state index in [1.165, 1.54) is 5.56 Å². The minimum absolute atomic E-state index is 0.717. The van der Waals surface area contributed by atoms with Crippen molar-refractivity contribution in [1.29, 1.82) is 0 Å². The van der Waals surface area contributed by atoms with Crippen molar-refractivity contribution in [3.05, 3.63) is 70.4 Å². The van der Waals surface area contributed by atoms with Crippen LogP contribution in [0.5, 0.6) is 5.75 Å². The summed E-state index contributed by atoms with van der Waals surface area (Å²) in [7, 11) is 1.69. The number of aromatic nitrogens is 3. The van der Waals surface area contributed by atoms with Crippen LogP contribution in [0.3, 0.4) is 0 Å². The second-order valence-corrected chi connectivity index (χ2v) is 8.49. The van der Waals surface area contributed by atoms with Crippen LogP contribution in [0, 0.1) is 27.7 Å². The van der Waals surface area contributed by atoms with Crippen LogP contribution in [0.25, 0.3) is 22.5 Å². The largest absolute Gasteiger partial charge is 0.496 e. The van der Waals surface area contributed by atoms with Crippen molar-refractivity contribution in [2.75, 3.05) is 12.4 Å². The Bertz CT molecular complexity index is 1200. The molecule has 0 aliphatic rings. The molecule has 152 valence electrons. The van der Waals surface area contributed by atoms with Crippen LogP contribution in [0.4, 0.5) is 10.9 Å². The van der Waals surface area contributed by atoms with E-state index >= 15 is 0 Å². The van der Waals surface area contributed by atoms with Gasteiger partial charge in [-0.15, -0.1) is 11.3 Å². The molecule has 4 rings (SSSR count). The molecule has 30 heavy (non-hydrogen) atoms. The van der Waals surface area contributed by atoms with E-state index in [1.807, 2.05) is 32.0 Å². The summed E-state index contributed by atoms with van der Waals surface area (Å²) in [6.07, 6.45) is 0. The molecule has 0 atom stereocenters. The van der Waals surface area contributed by atoms with E-state index in [0.29, 0.717) is 0 Å². The topological polar surface area (TPSA) is 59.9 Å². The van der Waals surface area contributed by atoms with Crippen molar-refractivity contribution < 1.29 is 4.74 Å². The molecule has 2 aromatic carbocycles. The number of rotatable bonds is 5. The van der Waals surface area contributed by atoms with Gasteiger partial charge in [-0.1, -0.05) is 29.8 Å². The third-order valence-electron chi connectivity index (χ3n) is 4.89. The molecular weight excluding hydrogens is 392 g/mol. The van der Waals surface area contributed by atoms with E-state index < -0.39 is 0 Å². The number of anilines is 2. The van der Waals surface area contributed by atoms with Gasteiger partial charge >= 0.3 is 0 Å². The normalized spacial score (nSPS) is 10.8. The minimum Gasteiger partial charge on any atom is -0.496 e. The van der Waals surface area contributed by atoms with Gasteiger partial charge in [0.25, 0.3) is 0 Å². The fourth-order valence-electron chi connectivity index (χ4n) is 3.36.